The maximum absolute atomic E-state index is 5.02. The Morgan fingerprint density at radius 1 is 0.971 bits per heavy atom. The van der Waals surface area contributed by atoms with Gasteiger partial charge < -0.3 is 4.57 Å². The summed E-state index contributed by atoms with van der Waals surface area (Å²) in [7, 11) is 0. The number of thiazole rings is 1. The smallest absolute Gasteiger partial charge is 0.193 e. The van der Waals surface area contributed by atoms with Gasteiger partial charge in [0.2, 0.25) is 0 Å². The molecule has 0 bridgehead atoms. The molecule has 6 rings (SSSR count). The summed E-state index contributed by atoms with van der Waals surface area (Å²) < 4.78 is 4.64. The zero-order chi connectivity index (χ0) is 22.9. The quantitative estimate of drug-likeness (QED) is 0.334. The number of pyridine rings is 1. The third-order valence-electron chi connectivity index (χ3n) is 6.90. The fourth-order valence-corrected chi connectivity index (χ4v) is 5.75. The van der Waals surface area contributed by atoms with Crippen molar-refractivity contribution in [3.05, 3.63) is 95.1 Å². The molecule has 0 radical (unpaired) electrons. The van der Waals surface area contributed by atoms with Gasteiger partial charge in [-0.05, 0) is 55.2 Å². The molecule has 1 aliphatic rings. The van der Waals surface area contributed by atoms with E-state index in [1.54, 1.807) is 11.3 Å². The van der Waals surface area contributed by atoms with E-state index >= 15 is 0 Å². The van der Waals surface area contributed by atoms with E-state index < -0.39 is 0 Å². The Kier molecular flexibility index (Phi) is 5.73. The first-order valence-electron chi connectivity index (χ1n) is 11.9. The molecule has 0 aliphatic carbocycles. The lowest BCUT2D eigenvalue weighted by atomic mass is 10.0. The van der Waals surface area contributed by atoms with Crippen molar-refractivity contribution in [1.29, 1.82) is 0 Å². The Labute approximate surface area is 203 Å². The molecule has 5 aromatic rings. The monoisotopic (exact) mass is 468 g/mol. The van der Waals surface area contributed by atoms with Crippen LogP contribution in [0, 0.1) is 6.92 Å². The van der Waals surface area contributed by atoms with Gasteiger partial charge in [0.05, 0.1) is 0 Å². The van der Waals surface area contributed by atoms with Crippen LogP contribution in [0.1, 0.15) is 41.5 Å². The van der Waals surface area contributed by atoms with E-state index in [0.29, 0.717) is 6.04 Å². The lowest BCUT2D eigenvalue weighted by molar-refractivity contribution is 0.177. The molecule has 0 unspecified atom stereocenters. The topological polar surface area (TPSA) is 51.8 Å². The number of piperidine rings is 1. The molecule has 7 heteroatoms. The van der Waals surface area contributed by atoms with Gasteiger partial charge in [-0.2, -0.15) is 0 Å². The predicted octanol–water partition coefficient (Wildman–Crippen LogP) is 5.41. The number of fused-ring (bicyclic) bond motifs is 1. The molecule has 1 saturated heterocycles. The Morgan fingerprint density at radius 3 is 2.68 bits per heavy atom. The van der Waals surface area contributed by atoms with Gasteiger partial charge in [0.1, 0.15) is 11.3 Å². The fourth-order valence-electron chi connectivity index (χ4n) is 5.10. The van der Waals surface area contributed by atoms with Crippen LogP contribution in [0.4, 0.5) is 0 Å². The van der Waals surface area contributed by atoms with Gasteiger partial charge in [0.25, 0.3) is 0 Å². The van der Waals surface area contributed by atoms with E-state index in [2.05, 4.69) is 74.6 Å². The maximum Gasteiger partial charge on any atom is 0.193 e. The molecule has 4 aromatic heterocycles. The Bertz CT molecular complexity index is 1390. The van der Waals surface area contributed by atoms with E-state index in [-0.39, 0.29) is 0 Å². The largest absolute Gasteiger partial charge is 0.309 e. The number of aromatic nitrogens is 5. The molecule has 0 spiro atoms. The first-order chi connectivity index (χ1) is 16.8. The SMILES string of the molecule is Cc1ccccc1Cc1nc2cccnc2n1C1CCN(Cc2cccn2-c2nccs2)CC1. The summed E-state index contributed by atoms with van der Waals surface area (Å²) in [5.41, 5.74) is 5.95. The zero-order valence-electron chi connectivity index (χ0n) is 19.3. The molecule has 1 fully saturated rings. The van der Waals surface area contributed by atoms with Gasteiger partial charge in [-0.25, -0.2) is 15.0 Å². The molecule has 1 aliphatic heterocycles. The number of hydrogen-bond acceptors (Lipinski definition) is 5. The summed E-state index contributed by atoms with van der Waals surface area (Å²) >= 11 is 1.68. The van der Waals surface area contributed by atoms with Crippen LogP contribution in [0.25, 0.3) is 16.3 Å². The lowest BCUT2D eigenvalue weighted by Crippen LogP contribution is -2.35. The highest BCUT2D eigenvalue weighted by Crippen LogP contribution is 2.30. The van der Waals surface area contributed by atoms with Crippen molar-refractivity contribution in [3.63, 3.8) is 0 Å². The molecule has 172 valence electrons. The highest BCUT2D eigenvalue weighted by atomic mass is 32.1. The van der Waals surface area contributed by atoms with Gasteiger partial charge in [-0.15, -0.1) is 11.3 Å². The molecule has 1 aromatic carbocycles. The van der Waals surface area contributed by atoms with Gasteiger partial charge in [-0.3, -0.25) is 9.47 Å². The summed E-state index contributed by atoms with van der Waals surface area (Å²) in [6.07, 6.45) is 8.90. The van der Waals surface area contributed by atoms with E-state index in [1.165, 1.54) is 16.8 Å². The average Bonchev–Trinajstić information content (AvgIpc) is 3.61. The summed E-state index contributed by atoms with van der Waals surface area (Å²) in [5, 5.41) is 3.06. The Hall–Kier alpha value is -3.29. The van der Waals surface area contributed by atoms with Crippen LogP contribution >= 0.6 is 11.3 Å². The number of rotatable bonds is 6. The fraction of sp³-hybridized carbons (Fsp3) is 0.296. The minimum Gasteiger partial charge on any atom is -0.309 e. The van der Waals surface area contributed by atoms with E-state index in [9.17, 15) is 0 Å². The van der Waals surface area contributed by atoms with Crippen LogP contribution in [0.5, 0.6) is 0 Å². The number of nitrogens with zero attached hydrogens (tertiary/aromatic N) is 6. The molecular weight excluding hydrogens is 440 g/mol. The maximum atomic E-state index is 5.02. The predicted molar refractivity (Wildman–Crippen MR) is 137 cm³/mol. The van der Waals surface area contributed by atoms with Crippen molar-refractivity contribution in [2.45, 2.75) is 38.8 Å². The highest BCUT2D eigenvalue weighted by molar-refractivity contribution is 7.12. The van der Waals surface area contributed by atoms with Crippen LogP contribution < -0.4 is 0 Å². The summed E-state index contributed by atoms with van der Waals surface area (Å²) in [5.74, 6) is 1.12. The summed E-state index contributed by atoms with van der Waals surface area (Å²) in [6.45, 7) is 5.24. The first kappa shape index (κ1) is 21.3. The van der Waals surface area contributed by atoms with E-state index in [4.69, 9.17) is 9.97 Å². The second kappa shape index (κ2) is 9.16. The number of benzene rings is 1. The highest BCUT2D eigenvalue weighted by Gasteiger charge is 2.26. The minimum atomic E-state index is 0.418. The van der Waals surface area contributed by atoms with Crippen molar-refractivity contribution >= 4 is 22.5 Å². The van der Waals surface area contributed by atoms with Crippen LogP contribution in [-0.2, 0) is 13.0 Å². The first-order valence-corrected chi connectivity index (χ1v) is 12.8. The van der Waals surface area contributed by atoms with E-state index in [1.807, 2.05) is 23.8 Å². The Balaban J connectivity index is 1.22. The summed E-state index contributed by atoms with van der Waals surface area (Å²) in [4.78, 5) is 16.8. The van der Waals surface area contributed by atoms with Crippen LogP contribution in [0.15, 0.2) is 72.5 Å². The van der Waals surface area contributed by atoms with Gasteiger partial charge >= 0.3 is 0 Å². The average molecular weight is 469 g/mol. The molecule has 34 heavy (non-hydrogen) atoms. The Morgan fingerprint density at radius 2 is 1.85 bits per heavy atom. The van der Waals surface area contributed by atoms with Crippen molar-refractivity contribution in [2.75, 3.05) is 13.1 Å². The van der Waals surface area contributed by atoms with Crippen molar-refractivity contribution < 1.29 is 0 Å². The van der Waals surface area contributed by atoms with Gasteiger partial charge in [0, 0.05) is 61.8 Å². The minimum absolute atomic E-state index is 0.418. The molecule has 0 saturated carbocycles. The molecular formula is C27H28N6S. The molecule has 0 N–H and O–H groups in total. The van der Waals surface area contributed by atoms with Gasteiger partial charge in [0.15, 0.2) is 10.8 Å². The molecule has 0 amide bonds. The zero-order valence-corrected chi connectivity index (χ0v) is 20.2. The third kappa shape index (κ3) is 4.06. The van der Waals surface area contributed by atoms with Gasteiger partial charge in [-0.1, -0.05) is 24.3 Å². The number of imidazole rings is 1. The normalized spacial score (nSPS) is 15.3. The number of aryl methyl sites for hydroxylation is 1. The van der Waals surface area contributed by atoms with Crippen molar-refractivity contribution in [3.8, 4) is 5.13 Å². The van der Waals surface area contributed by atoms with E-state index in [0.717, 1.165) is 61.0 Å². The molecule has 5 heterocycles. The standard InChI is InChI=1S/C27H28N6S/c1-20-6-2-3-7-21(20)18-25-30-24-9-4-12-28-26(24)33(25)22-10-15-31(16-11-22)19-23-8-5-14-32(23)27-29-13-17-34-27/h2-9,12-14,17,22H,10-11,15-16,18-19H2,1H3. The van der Waals surface area contributed by atoms with Crippen molar-refractivity contribution in [2.24, 2.45) is 0 Å². The second-order valence-corrected chi connectivity index (χ2v) is 9.91. The number of hydrogen-bond donors (Lipinski definition) is 0. The third-order valence-corrected chi connectivity index (χ3v) is 7.67. The van der Waals surface area contributed by atoms with Crippen LogP contribution in [-0.4, -0.2) is 42.1 Å². The van der Waals surface area contributed by atoms with Crippen LogP contribution in [0.3, 0.4) is 0 Å². The second-order valence-electron chi connectivity index (χ2n) is 9.04. The number of likely N-dealkylation sites (tertiary alicyclic amines) is 1. The van der Waals surface area contributed by atoms with Crippen molar-refractivity contribution in [1.82, 2.24) is 29.0 Å². The van der Waals surface area contributed by atoms with Crippen LogP contribution in [0.2, 0.25) is 0 Å². The molecule has 6 nitrogen and oxygen atoms in total. The summed E-state index contributed by atoms with van der Waals surface area (Å²) in [6, 6.07) is 17.4. The molecule has 0 atom stereocenters. The lowest BCUT2D eigenvalue weighted by Gasteiger charge is -2.33.